The molecule has 0 atom stereocenters. The molecular formula is C14H24N2O3. The lowest BCUT2D eigenvalue weighted by Gasteiger charge is -2.29. The molecule has 0 spiro atoms. The van der Waals surface area contributed by atoms with Crippen LogP contribution in [0.4, 0.5) is 5.69 Å². The van der Waals surface area contributed by atoms with Gasteiger partial charge in [-0.3, -0.25) is 0 Å². The molecule has 19 heavy (non-hydrogen) atoms. The minimum Gasteiger partial charge on any atom is -0.496 e. The van der Waals surface area contributed by atoms with E-state index in [1.54, 1.807) is 21.3 Å². The van der Waals surface area contributed by atoms with Crippen molar-refractivity contribution in [1.82, 2.24) is 5.32 Å². The number of anilines is 1. The zero-order chi connectivity index (χ0) is 14.5. The SMILES string of the molecule is CNCC(C)(C)Nc1c(OC)cc(OC)cc1OC. The van der Waals surface area contributed by atoms with E-state index in [0.717, 1.165) is 12.2 Å². The van der Waals surface area contributed by atoms with Gasteiger partial charge in [0.25, 0.3) is 0 Å². The number of likely N-dealkylation sites (N-methyl/N-ethyl adjacent to an activating group) is 1. The molecule has 0 bridgehead atoms. The average Bonchev–Trinajstić information content (AvgIpc) is 2.38. The molecular weight excluding hydrogens is 244 g/mol. The van der Waals surface area contributed by atoms with Crippen LogP contribution in [0.2, 0.25) is 0 Å². The fourth-order valence-electron chi connectivity index (χ4n) is 1.95. The van der Waals surface area contributed by atoms with Gasteiger partial charge in [-0.05, 0) is 20.9 Å². The van der Waals surface area contributed by atoms with E-state index in [2.05, 4.69) is 24.5 Å². The van der Waals surface area contributed by atoms with Crippen molar-refractivity contribution >= 4 is 5.69 Å². The van der Waals surface area contributed by atoms with E-state index < -0.39 is 0 Å². The summed E-state index contributed by atoms with van der Waals surface area (Å²) >= 11 is 0. The molecule has 5 heteroatoms. The van der Waals surface area contributed by atoms with Crippen LogP contribution in [-0.2, 0) is 0 Å². The second-order valence-electron chi connectivity index (χ2n) is 4.95. The third-order valence-corrected chi connectivity index (χ3v) is 2.80. The van der Waals surface area contributed by atoms with Gasteiger partial charge in [0, 0.05) is 24.2 Å². The highest BCUT2D eigenvalue weighted by Gasteiger charge is 2.22. The van der Waals surface area contributed by atoms with Crippen LogP contribution in [0, 0.1) is 0 Å². The summed E-state index contributed by atoms with van der Waals surface area (Å²) in [4.78, 5) is 0. The normalized spacial score (nSPS) is 11.1. The largest absolute Gasteiger partial charge is 0.496 e. The minimum absolute atomic E-state index is 0.135. The first-order valence-electron chi connectivity index (χ1n) is 6.20. The van der Waals surface area contributed by atoms with Crippen LogP contribution in [0.3, 0.4) is 0 Å². The van der Waals surface area contributed by atoms with Crippen molar-refractivity contribution in [1.29, 1.82) is 0 Å². The summed E-state index contributed by atoms with van der Waals surface area (Å²) in [5.41, 5.74) is 0.690. The van der Waals surface area contributed by atoms with Crippen LogP contribution in [0.15, 0.2) is 12.1 Å². The van der Waals surface area contributed by atoms with Gasteiger partial charge in [-0.25, -0.2) is 0 Å². The summed E-state index contributed by atoms with van der Waals surface area (Å²) in [6, 6.07) is 3.67. The summed E-state index contributed by atoms with van der Waals surface area (Å²) < 4.78 is 16.1. The van der Waals surface area contributed by atoms with E-state index in [-0.39, 0.29) is 5.54 Å². The lowest BCUT2D eigenvalue weighted by atomic mass is 10.0. The number of methoxy groups -OCH3 is 3. The van der Waals surface area contributed by atoms with Crippen molar-refractivity contribution in [2.75, 3.05) is 40.2 Å². The molecule has 2 N–H and O–H groups in total. The molecule has 0 heterocycles. The van der Waals surface area contributed by atoms with E-state index in [1.807, 2.05) is 19.2 Å². The van der Waals surface area contributed by atoms with Gasteiger partial charge >= 0.3 is 0 Å². The highest BCUT2D eigenvalue weighted by atomic mass is 16.5. The maximum atomic E-state index is 5.41. The number of hydrogen-bond donors (Lipinski definition) is 2. The van der Waals surface area contributed by atoms with E-state index in [9.17, 15) is 0 Å². The Labute approximate surface area is 115 Å². The van der Waals surface area contributed by atoms with Crippen molar-refractivity contribution in [3.63, 3.8) is 0 Å². The number of rotatable bonds is 7. The summed E-state index contributed by atoms with van der Waals surface area (Å²) in [6.45, 7) is 5.02. The molecule has 0 aliphatic carbocycles. The standard InChI is InChI=1S/C14H24N2O3/c1-14(2,9-15-3)16-13-11(18-5)7-10(17-4)8-12(13)19-6/h7-8,15-16H,9H2,1-6H3. The van der Waals surface area contributed by atoms with Crippen LogP contribution in [0.5, 0.6) is 17.2 Å². The molecule has 0 fully saturated rings. The monoisotopic (exact) mass is 268 g/mol. The first-order chi connectivity index (χ1) is 8.97. The van der Waals surface area contributed by atoms with Crippen molar-refractivity contribution in [2.45, 2.75) is 19.4 Å². The van der Waals surface area contributed by atoms with Crippen LogP contribution >= 0.6 is 0 Å². The van der Waals surface area contributed by atoms with Gasteiger partial charge in [0.1, 0.15) is 22.9 Å². The fraction of sp³-hybridized carbons (Fsp3) is 0.571. The first kappa shape index (κ1) is 15.4. The topological polar surface area (TPSA) is 51.8 Å². The molecule has 108 valence electrons. The molecule has 0 radical (unpaired) electrons. The van der Waals surface area contributed by atoms with Gasteiger partial charge in [0.15, 0.2) is 0 Å². The van der Waals surface area contributed by atoms with Crippen LogP contribution in [-0.4, -0.2) is 40.5 Å². The Bertz CT molecular complexity index is 394. The van der Waals surface area contributed by atoms with Crippen molar-refractivity contribution in [3.05, 3.63) is 12.1 Å². The van der Waals surface area contributed by atoms with E-state index in [0.29, 0.717) is 17.2 Å². The van der Waals surface area contributed by atoms with Gasteiger partial charge in [0.2, 0.25) is 0 Å². The van der Waals surface area contributed by atoms with Crippen LogP contribution in [0.1, 0.15) is 13.8 Å². The molecule has 0 amide bonds. The average molecular weight is 268 g/mol. The molecule has 1 rings (SSSR count). The molecule has 0 aliphatic rings. The lowest BCUT2D eigenvalue weighted by molar-refractivity contribution is 0.375. The van der Waals surface area contributed by atoms with E-state index in [1.165, 1.54) is 0 Å². The maximum Gasteiger partial charge on any atom is 0.149 e. The molecule has 1 aromatic rings. The van der Waals surface area contributed by atoms with Crippen LogP contribution < -0.4 is 24.8 Å². The Morgan fingerprint density at radius 2 is 1.53 bits per heavy atom. The predicted molar refractivity (Wildman–Crippen MR) is 77.7 cm³/mol. The van der Waals surface area contributed by atoms with Gasteiger partial charge in [0.05, 0.1) is 21.3 Å². The Balaban J connectivity index is 3.17. The third-order valence-electron chi connectivity index (χ3n) is 2.80. The lowest BCUT2D eigenvalue weighted by Crippen LogP contribution is -2.40. The maximum absolute atomic E-state index is 5.41. The number of hydrogen-bond acceptors (Lipinski definition) is 5. The highest BCUT2D eigenvalue weighted by molar-refractivity contribution is 5.69. The highest BCUT2D eigenvalue weighted by Crippen LogP contribution is 2.40. The number of ether oxygens (including phenoxy) is 3. The first-order valence-corrected chi connectivity index (χ1v) is 6.20. The van der Waals surface area contributed by atoms with Crippen LogP contribution in [0.25, 0.3) is 0 Å². The zero-order valence-electron chi connectivity index (χ0n) is 12.6. The Hall–Kier alpha value is -1.62. The molecule has 0 saturated carbocycles. The second-order valence-corrected chi connectivity index (χ2v) is 4.95. The molecule has 0 unspecified atom stereocenters. The van der Waals surface area contributed by atoms with Gasteiger partial charge < -0.3 is 24.8 Å². The van der Waals surface area contributed by atoms with Gasteiger partial charge in [-0.2, -0.15) is 0 Å². The van der Waals surface area contributed by atoms with Gasteiger partial charge in [-0.1, -0.05) is 0 Å². The quantitative estimate of drug-likeness (QED) is 0.793. The predicted octanol–water partition coefficient (Wildman–Crippen LogP) is 2.12. The molecule has 0 aromatic heterocycles. The van der Waals surface area contributed by atoms with Crippen molar-refractivity contribution in [3.8, 4) is 17.2 Å². The van der Waals surface area contributed by atoms with Crippen molar-refractivity contribution in [2.24, 2.45) is 0 Å². The molecule has 5 nitrogen and oxygen atoms in total. The van der Waals surface area contributed by atoms with Gasteiger partial charge in [-0.15, -0.1) is 0 Å². The smallest absolute Gasteiger partial charge is 0.149 e. The summed E-state index contributed by atoms with van der Waals surface area (Å²) in [7, 11) is 6.80. The molecule has 0 aliphatic heterocycles. The zero-order valence-corrected chi connectivity index (χ0v) is 12.6. The summed E-state index contributed by atoms with van der Waals surface area (Å²) in [5.74, 6) is 2.09. The Morgan fingerprint density at radius 1 is 1.00 bits per heavy atom. The Kier molecular flexibility index (Phi) is 5.30. The second kappa shape index (κ2) is 6.52. The fourth-order valence-corrected chi connectivity index (χ4v) is 1.95. The Morgan fingerprint density at radius 3 is 1.89 bits per heavy atom. The van der Waals surface area contributed by atoms with E-state index in [4.69, 9.17) is 14.2 Å². The van der Waals surface area contributed by atoms with Crippen molar-refractivity contribution < 1.29 is 14.2 Å². The molecule has 0 saturated heterocycles. The summed E-state index contributed by atoms with van der Waals surface area (Å²) in [6.07, 6.45) is 0. The van der Waals surface area contributed by atoms with E-state index >= 15 is 0 Å². The number of nitrogens with one attached hydrogen (secondary N) is 2. The third kappa shape index (κ3) is 3.92. The number of benzene rings is 1. The molecule has 1 aromatic carbocycles. The minimum atomic E-state index is -0.135. The summed E-state index contributed by atoms with van der Waals surface area (Å²) in [5, 5.41) is 6.60.